The number of hydrogen-bond acceptors (Lipinski definition) is 2. The first-order valence-electron chi connectivity index (χ1n) is 7.16. The Morgan fingerprint density at radius 3 is 2.35 bits per heavy atom. The summed E-state index contributed by atoms with van der Waals surface area (Å²) in [5.41, 5.74) is 2.52. The summed E-state index contributed by atoms with van der Waals surface area (Å²) in [5, 5.41) is 0. The third-order valence-corrected chi connectivity index (χ3v) is 4.31. The van der Waals surface area contributed by atoms with Crippen molar-refractivity contribution in [2.75, 3.05) is 7.05 Å². The summed E-state index contributed by atoms with van der Waals surface area (Å²) >= 11 is 2.15. The Labute approximate surface area is 130 Å². The van der Waals surface area contributed by atoms with Gasteiger partial charge in [0.05, 0.1) is 0 Å². The molecule has 0 spiro atoms. The second-order valence-corrected chi connectivity index (χ2v) is 5.58. The molecule has 2 aromatic carbocycles. The predicted molar refractivity (Wildman–Crippen MR) is 82.1 cm³/mol. The third kappa shape index (κ3) is 2.45. The van der Waals surface area contributed by atoms with Gasteiger partial charge in [0.25, 0.3) is 0 Å². The molecule has 3 heteroatoms. The van der Waals surface area contributed by atoms with Gasteiger partial charge < -0.3 is 0 Å². The van der Waals surface area contributed by atoms with E-state index in [2.05, 4.69) is 85.1 Å². The van der Waals surface area contributed by atoms with Gasteiger partial charge in [0.1, 0.15) is 0 Å². The van der Waals surface area contributed by atoms with E-state index in [1.165, 1.54) is 15.4 Å². The SMILES string of the molecule is [Li][c]1ccccc1[C@@H]1O[C@@H](c2ccccc2)[C@H](C)N1C. The van der Waals surface area contributed by atoms with Gasteiger partial charge in [0.15, 0.2) is 0 Å². The van der Waals surface area contributed by atoms with Crippen molar-refractivity contribution in [3.8, 4) is 0 Å². The average molecular weight is 259 g/mol. The summed E-state index contributed by atoms with van der Waals surface area (Å²) in [7, 11) is 2.14. The van der Waals surface area contributed by atoms with Gasteiger partial charge in [0.2, 0.25) is 0 Å². The molecule has 1 aliphatic rings. The first kappa shape index (κ1) is 13.9. The van der Waals surface area contributed by atoms with Gasteiger partial charge in [-0.3, -0.25) is 0 Å². The van der Waals surface area contributed by atoms with E-state index in [0.29, 0.717) is 6.04 Å². The number of nitrogens with zero attached hydrogens (tertiary/aromatic N) is 1. The number of hydrogen-bond donors (Lipinski definition) is 0. The summed E-state index contributed by atoms with van der Waals surface area (Å²) in [6.45, 7) is 2.23. The summed E-state index contributed by atoms with van der Waals surface area (Å²) in [6.07, 6.45) is 0.169. The van der Waals surface area contributed by atoms with Crippen LogP contribution in [0.3, 0.4) is 0 Å². The summed E-state index contributed by atoms with van der Waals surface area (Å²) in [6, 6.07) is 19.3. The molecule has 0 N–H and O–H groups in total. The molecule has 2 aromatic rings. The fourth-order valence-electron chi connectivity index (χ4n) is 2.93. The van der Waals surface area contributed by atoms with Gasteiger partial charge in [-0.1, -0.05) is 0 Å². The predicted octanol–water partition coefficient (Wildman–Crippen LogP) is 2.57. The van der Waals surface area contributed by atoms with Crippen molar-refractivity contribution in [1.82, 2.24) is 4.90 Å². The van der Waals surface area contributed by atoms with Crippen LogP contribution in [0.25, 0.3) is 0 Å². The Bertz CT molecular complexity index is 587. The number of likely N-dealkylation sites (N-methyl/N-ethyl adjacent to an activating group) is 1. The molecule has 0 unspecified atom stereocenters. The van der Waals surface area contributed by atoms with E-state index in [9.17, 15) is 0 Å². The van der Waals surface area contributed by atoms with Gasteiger partial charge in [-0.15, -0.1) is 0 Å². The zero-order chi connectivity index (χ0) is 14.1. The van der Waals surface area contributed by atoms with Crippen LogP contribution in [-0.2, 0) is 4.74 Å². The summed E-state index contributed by atoms with van der Waals surface area (Å²) in [4.78, 5) is 2.32. The Balaban J connectivity index is 1.91. The van der Waals surface area contributed by atoms with E-state index in [4.69, 9.17) is 4.74 Å². The maximum absolute atomic E-state index is 6.36. The molecule has 20 heavy (non-hydrogen) atoms. The molecule has 0 amide bonds. The Hall–Kier alpha value is -1.04. The van der Waals surface area contributed by atoms with Crippen molar-refractivity contribution in [3.05, 3.63) is 65.7 Å². The standard InChI is InChI=1S/C17H18NO.Li/c1-13-16(14-9-5-3-6-10-14)19-17(18(13)2)15-11-7-4-8-12-15;/h3-11,13,16-17H,1-2H3;/t13-,16+,17-;/m0./s1. The number of rotatable bonds is 2. The molecule has 98 valence electrons. The van der Waals surface area contributed by atoms with Crippen molar-refractivity contribution in [1.29, 1.82) is 0 Å². The number of ether oxygens (including phenoxy) is 1. The van der Waals surface area contributed by atoms with Gasteiger partial charge in [-0.25, -0.2) is 0 Å². The molecule has 1 fully saturated rings. The van der Waals surface area contributed by atoms with Crippen LogP contribution in [0.1, 0.15) is 30.4 Å². The van der Waals surface area contributed by atoms with Gasteiger partial charge >= 0.3 is 130 Å². The molecule has 0 saturated carbocycles. The summed E-state index contributed by atoms with van der Waals surface area (Å²) in [5.74, 6) is 0. The average Bonchev–Trinajstić information content (AvgIpc) is 2.77. The maximum atomic E-state index is 6.36. The minimum absolute atomic E-state index is 0.0383. The fourth-order valence-corrected chi connectivity index (χ4v) is 2.93. The first-order chi connectivity index (χ1) is 9.68. The molecule has 2 nitrogen and oxygen atoms in total. The van der Waals surface area contributed by atoms with Crippen LogP contribution in [0.5, 0.6) is 0 Å². The molecule has 1 saturated heterocycles. The molecular weight excluding hydrogens is 241 g/mol. The van der Waals surface area contributed by atoms with Crippen LogP contribution >= 0.6 is 0 Å². The van der Waals surface area contributed by atoms with Crippen molar-refractivity contribution in [3.63, 3.8) is 0 Å². The zero-order valence-electron chi connectivity index (χ0n) is 12.3. The van der Waals surface area contributed by atoms with E-state index in [1.807, 2.05) is 6.07 Å². The van der Waals surface area contributed by atoms with Crippen LogP contribution < -0.4 is 4.24 Å². The molecule has 1 heterocycles. The minimum atomic E-state index is 0.0383. The van der Waals surface area contributed by atoms with Gasteiger partial charge in [-0.2, -0.15) is 0 Å². The number of benzene rings is 2. The topological polar surface area (TPSA) is 12.5 Å². The fraction of sp³-hybridized carbons (Fsp3) is 0.294. The van der Waals surface area contributed by atoms with Gasteiger partial charge in [-0.05, 0) is 0 Å². The molecule has 0 bridgehead atoms. The molecule has 3 rings (SSSR count). The molecule has 0 radical (unpaired) electrons. The first-order valence-corrected chi connectivity index (χ1v) is 7.16. The molecule has 3 atom stereocenters. The molecule has 1 aliphatic heterocycles. The van der Waals surface area contributed by atoms with E-state index < -0.39 is 0 Å². The Morgan fingerprint density at radius 1 is 1.00 bits per heavy atom. The van der Waals surface area contributed by atoms with E-state index in [1.54, 1.807) is 0 Å². The van der Waals surface area contributed by atoms with Crippen molar-refractivity contribution < 1.29 is 4.74 Å². The van der Waals surface area contributed by atoms with Crippen LogP contribution in [0.4, 0.5) is 0 Å². The Kier molecular flexibility index (Phi) is 4.00. The zero-order valence-corrected chi connectivity index (χ0v) is 12.3. The van der Waals surface area contributed by atoms with E-state index >= 15 is 0 Å². The molecule has 0 aromatic heterocycles. The van der Waals surface area contributed by atoms with Crippen LogP contribution in [0.2, 0.25) is 0 Å². The second-order valence-electron chi connectivity index (χ2n) is 5.58. The second kappa shape index (κ2) is 5.75. The van der Waals surface area contributed by atoms with Crippen molar-refractivity contribution in [2.45, 2.75) is 25.3 Å². The van der Waals surface area contributed by atoms with E-state index in [0.717, 1.165) is 0 Å². The normalized spacial score (nSPS) is 26.9. The van der Waals surface area contributed by atoms with Crippen LogP contribution in [0.15, 0.2) is 54.6 Å². The summed E-state index contributed by atoms with van der Waals surface area (Å²) < 4.78 is 7.65. The van der Waals surface area contributed by atoms with Crippen LogP contribution in [-0.4, -0.2) is 35.7 Å². The molecular formula is C17H18LiNO. The van der Waals surface area contributed by atoms with Gasteiger partial charge in [0, 0.05) is 0 Å². The van der Waals surface area contributed by atoms with Crippen molar-refractivity contribution >= 4 is 22.0 Å². The molecule has 0 aliphatic carbocycles. The monoisotopic (exact) mass is 259 g/mol. The quantitative estimate of drug-likeness (QED) is 0.769. The third-order valence-electron chi connectivity index (χ3n) is 4.31. The van der Waals surface area contributed by atoms with Crippen LogP contribution in [0, 0.1) is 0 Å². The van der Waals surface area contributed by atoms with E-state index in [-0.39, 0.29) is 12.3 Å². The Morgan fingerprint density at radius 2 is 1.65 bits per heavy atom. The van der Waals surface area contributed by atoms with Crippen molar-refractivity contribution in [2.24, 2.45) is 0 Å².